The molecule has 0 aliphatic rings. The Morgan fingerprint density at radius 1 is 1.50 bits per heavy atom. The Labute approximate surface area is 118 Å². The predicted octanol–water partition coefficient (Wildman–Crippen LogP) is 0.933. The molecular weight excluding hydrogens is 280 g/mol. The summed E-state index contributed by atoms with van der Waals surface area (Å²) in [4.78, 5) is 0. The molecule has 2 aromatic heterocycles. The molecule has 2 aromatic rings. The van der Waals surface area contributed by atoms with Crippen LogP contribution in [0.1, 0.15) is 18.1 Å². The van der Waals surface area contributed by atoms with Crippen molar-refractivity contribution in [2.45, 2.75) is 25.0 Å². The van der Waals surface area contributed by atoms with E-state index in [1.807, 2.05) is 6.92 Å². The Kier molecular flexibility index (Phi) is 4.58. The van der Waals surface area contributed by atoms with Gasteiger partial charge in [0, 0.05) is 31.3 Å². The maximum atomic E-state index is 12.5. The molecule has 2 rings (SSSR count). The van der Waals surface area contributed by atoms with Crippen LogP contribution in [0.3, 0.4) is 0 Å². The van der Waals surface area contributed by atoms with Crippen LogP contribution in [0.15, 0.2) is 34.2 Å². The van der Waals surface area contributed by atoms with E-state index in [0.717, 1.165) is 12.1 Å². The highest BCUT2D eigenvalue weighted by molar-refractivity contribution is 7.89. The van der Waals surface area contributed by atoms with Crippen molar-refractivity contribution in [1.29, 1.82) is 0 Å². The number of rotatable bonds is 7. The first-order valence-electron chi connectivity index (χ1n) is 6.26. The normalized spacial score (nSPS) is 12.2. The molecule has 0 aliphatic heterocycles. The summed E-state index contributed by atoms with van der Waals surface area (Å²) in [7, 11) is -2.07. The molecule has 110 valence electrons. The van der Waals surface area contributed by atoms with Gasteiger partial charge in [0.15, 0.2) is 5.03 Å². The highest BCUT2D eigenvalue weighted by atomic mass is 32.2. The Morgan fingerprint density at radius 2 is 2.30 bits per heavy atom. The standard InChI is InChI=1S/C12H18N4O3S/c1-3-13-6-11-7-14-15-12(11)20(17,18)16(2)8-10-4-5-19-9-10/h4-5,7,9,13H,3,6,8H2,1-2H3,(H,14,15). The lowest BCUT2D eigenvalue weighted by molar-refractivity contribution is 0.459. The molecule has 0 saturated heterocycles. The van der Waals surface area contributed by atoms with E-state index < -0.39 is 10.0 Å². The SMILES string of the molecule is CCNCc1cn[nH]c1S(=O)(=O)N(C)Cc1ccoc1. The molecule has 20 heavy (non-hydrogen) atoms. The molecule has 7 nitrogen and oxygen atoms in total. The Hall–Kier alpha value is -1.64. The zero-order valence-corrected chi connectivity index (χ0v) is 12.3. The van der Waals surface area contributed by atoms with Crippen molar-refractivity contribution in [2.24, 2.45) is 0 Å². The highest BCUT2D eigenvalue weighted by Crippen LogP contribution is 2.18. The van der Waals surface area contributed by atoms with Crippen LogP contribution in [0.2, 0.25) is 0 Å². The third-order valence-electron chi connectivity index (χ3n) is 2.90. The monoisotopic (exact) mass is 298 g/mol. The van der Waals surface area contributed by atoms with Gasteiger partial charge in [-0.1, -0.05) is 6.92 Å². The Balaban J connectivity index is 2.19. The maximum Gasteiger partial charge on any atom is 0.260 e. The zero-order valence-electron chi connectivity index (χ0n) is 11.5. The molecular formula is C12H18N4O3S. The first kappa shape index (κ1) is 14.8. The molecule has 0 saturated carbocycles. The van der Waals surface area contributed by atoms with Crippen molar-refractivity contribution in [3.63, 3.8) is 0 Å². The number of sulfonamides is 1. The van der Waals surface area contributed by atoms with Gasteiger partial charge in [-0.15, -0.1) is 0 Å². The summed E-state index contributed by atoms with van der Waals surface area (Å²) in [5.74, 6) is 0. The number of nitrogens with zero attached hydrogens (tertiary/aromatic N) is 2. The van der Waals surface area contributed by atoms with Crippen molar-refractivity contribution in [2.75, 3.05) is 13.6 Å². The van der Waals surface area contributed by atoms with Gasteiger partial charge in [0.1, 0.15) is 0 Å². The molecule has 0 unspecified atom stereocenters. The van der Waals surface area contributed by atoms with E-state index in [0.29, 0.717) is 12.1 Å². The second kappa shape index (κ2) is 6.21. The lowest BCUT2D eigenvalue weighted by Gasteiger charge is -2.16. The lowest BCUT2D eigenvalue weighted by Crippen LogP contribution is -2.28. The van der Waals surface area contributed by atoms with Gasteiger partial charge in [-0.3, -0.25) is 5.10 Å². The molecule has 0 fully saturated rings. The number of aromatic nitrogens is 2. The minimum absolute atomic E-state index is 0.129. The van der Waals surface area contributed by atoms with Crippen LogP contribution in [0, 0.1) is 0 Å². The molecule has 0 bridgehead atoms. The van der Waals surface area contributed by atoms with Gasteiger partial charge in [0.2, 0.25) is 0 Å². The van der Waals surface area contributed by atoms with Crippen LogP contribution in [0.5, 0.6) is 0 Å². The molecule has 0 radical (unpaired) electrons. The molecule has 0 atom stereocenters. The van der Waals surface area contributed by atoms with Crippen molar-refractivity contribution >= 4 is 10.0 Å². The number of H-pyrrole nitrogens is 1. The van der Waals surface area contributed by atoms with Crippen LogP contribution < -0.4 is 5.32 Å². The van der Waals surface area contributed by atoms with Gasteiger partial charge in [0.25, 0.3) is 10.0 Å². The number of hydrogen-bond acceptors (Lipinski definition) is 5. The lowest BCUT2D eigenvalue weighted by atomic mass is 10.3. The summed E-state index contributed by atoms with van der Waals surface area (Å²) in [5.41, 5.74) is 1.43. The predicted molar refractivity (Wildman–Crippen MR) is 73.3 cm³/mol. The molecule has 0 spiro atoms. The summed E-state index contributed by atoms with van der Waals surface area (Å²) in [5, 5.41) is 9.62. The van der Waals surface area contributed by atoms with Gasteiger partial charge in [-0.05, 0) is 12.6 Å². The van der Waals surface area contributed by atoms with Crippen LogP contribution >= 0.6 is 0 Å². The van der Waals surface area contributed by atoms with Crippen LogP contribution in [0.25, 0.3) is 0 Å². The van der Waals surface area contributed by atoms with Crippen LogP contribution in [-0.4, -0.2) is 36.5 Å². The summed E-state index contributed by atoms with van der Waals surface area (Å²) in [6.07, 6.45) is 4.57. The minimum Gasteiger partial charge on any atom is -0.472 e. The van der Waals surface area contributed by atoms with Crippen molar-refractivity contribution in [1.82, 2.24) is 19.8 Å². The molecule has 2 N–H and O–H groups in total. The molecule has 2 heterocycles. The molecule has 0 aliphatic carbocycles. The average Bonchev–Trinajstić information content (AvgIpc) is 3.06. The third kappa shape index (κ3) is 3.09. The highest BCUT2D eigenvalue weighted by Gasteiger charge is 2.26. The number of furan rings is 1. The van der Waals surface area contributed by atoms with Crippen molar-refractivity contribution in [3.8, 4) is 0 Å². The number of aromatic amines is 1. The molecule has 8 heteroatoms. The Bertz CT molecular complexity index is 633. The quantitative estimate of drug-likeness (QED) is 0.793. The van der Waals surface area contributed by atoms with Gasteiger partial charge in [-0.2, -0.15) is 9.40 Å². The minimum atomic E-state index is -3.60. The number of hydrogen-bond donors (Lipinski definition) is 2. The van der Waals surface area contributed by atoms with E-state index >= 15 is 0 Å². The van der Waals surface area contributed by atoms with Crippen molar-refractivity contribution in [3.05, 3.63) is 35.9 Å². The van der Waals surface area contributed by atoms with Crippen LogP contribution in [0.4, 0.5) is 0 Å². The summed E-state index contributed by atoms with van der Waals surface area (Å²) >= 11 is 0. The number of nitrogens with one attached hydrogen (secondary N) is 2. The average molecular weight is 298 g/mol. The van der Waals surface area contributed by atoms with Gasteiger partial charge >= 0.3 is 0 Å². The summed E-state index contributed by atoms with van der Waals surface area (Å²) < 4.78 is 31.2. The fourth-order valence-corrected chi connectivity index (χ4v) is 3.04. The fraction of sp³-hybridized carbons (Fsp3) is 0.417. The first-order valence-corrected chi connectivity index (χ1v) is 7.70. The van der Waals surface area contributed by atoms with Gasteiger partial charge in [0.05, 0.1) is 18.7 Å². The van der Waals surface area contributed by atoms with Gasteiger partial charge < -0.3 is 9.73 Å². The third-order valence-corrected chi connectivity index (χ3v) is 4.72. The smallest absolute Gasteiger partial charge is 0.260 e. The first-order chi connectivity index (χ1) is 9.55. The second-order valence-electron chi connectivity index (χ2n) is 4.40. The van der Waals surface area contributed by atoms with E-state index in [2.05, 4.69) is 15.5 Å². The fourth-order valence-electron chi connectivity index (χ4n) is 1.79. The Morgan fingerprint density at radius 3 is 2.95 bits per heavy atom. The zero-order chi connectivity index (χ0) is 14.6. The van der Waals surface area contributed by atoms with Crippen LogP contribution in [-0.2, 0) is 23.1 Å². The maximum absolute atomic E-state index is 12.5. The molecule has 0 aromatic carbocycles. The second-order valence-corrected chi connectivity index (χ2v) is 6.38. The van der Waals surface area contributed by atoms with Crippen molar-refractivity contribution < 1.29 is 12.8 Å². The van der Waals surface area contributed by atoms with E-state index in [1.165, 1.54) is 30.1 Å². The van der Waals surface area contributed by atoms with E-state index in [-0.39, 0.29) is 11.6 Å². The van der Waals surface area contributed by atoms with Gasteiger partial charge in [-0.25, -0.2) is 8.42 Å². The topological polar surface area (TPSA) is 91.2 Å². The largest absolute Gasteiger partial charge is 0.472 e. The molecule has 0 amide bonds. The summed E-state index contributed by atoms with van der Waals surface area (Å²) in [6.45, 7) is 3.43. The summed E-state index contributed by atoms with van der Waals surface area (Å²) in [6, 6.07) is 1.73. The van der Waals surface area contributed by atoms with E-state index in [1.54, 1.807) is 6.07 Å². The van der Waals surface area contributed by atoms with E-state index in [4.69, 9.17) is 4.42 Å². The van der Waals surface area contributed by atoms with E-state index in [9.17, 15) is 8.42 Å².